The molecule has 2 aromatic heterocycles. The summed E-state index contributed by atoms with van der Waals surface area (Å²) in [4.78, 5) is 16.7. The van der Waals surface area contributed by atoms with Crippen molar-refractivity contribution in [1.29, 1.82) is 0 Å². The van der Waals surface area contributed by atoms with Crippen molar-refractivity contribution in [2.75, 3.05) is 6.61 Å². The monoisotopic (exact) mass is 317 g/mol. The number of hydrogen-bond donors (Lipinski definition) is 1. The van der Waals surface area contributed by atoms with E-state index in [1.165, 1.54) is 0 Å². The summed E-state index contributed by atoms with van der Waals surface area (Å²) in [5.74, 6) is -0.119. The highest BCUT2D eigenvalue weighted by molar-refractivity contribution is 5.80. The van der Waals surface area contributed by atoms with Crippen LogP contribution < -0.4 is 5.32 Å². The third-order valence-corrected chi connectivity index (χ3v) is 4.44. The van der Waals surface area contributed by atoms with E-state index >= 15 is 0 Å². The topological polar surface area (TPSA) is 74.0 Å². The average Bonchev–Trinajstić information content (AvgIpc) is 3.22. The maximum Gasteiger partial charge on any atom is 0.226 e. The molecule has 7 nitrogen and oxygen atoms in total. The van der Waals surface area contributed by atoms with E-state index in [-0.39, 0.29) is 24.0 Å². The normalized spacial score (nSPS) is 22.2. The van der Waals surface area contributed by atoms with Crippen molar-refractivity contribution in [3.05, 3.63) is 36.2 Å². The summed E-state index contributed by atoms with van der Waals surface area (Å²) in [6.07, 6.45) is 7.72. The first-order valence-electron chi connectivity index (χ1n) is 7.92. The molecular weight excluding hydrogens is 294 g/mol. The summed E-state index contributed by atoms with van der Waals surface area (Å²) in [6.45, 7) is 5.31. The molecule has 0 spiro atoms. The van der Waals surface area contributed by atoms with Gasteiger partial charge in [-0.15, -0.1) is 0 Å². The zero-order valence-corrected chi connectivity index (χ0v) is 13.8. The largest absolute Gasteiger partial charge is 0.373 e. The zero-order chi connectivity index (χ0) is 16.4. The van der Waals surface area contributed by atoms with Crippen molar-refractivity contribution in [2.24, 2.45) is 13.0 Å². The maximum atomic E-state index is 12.6. The van der Waals surface area contributed by atoms with Gasteiger partial charge in [-0.25, -0.2) is 4.98 Å². The average molecular weight is 317 g/mol. The van der Waals surface area contributed by atoms with Crippen LogP contribution in [0.2, 0.25) is 0 Å². The Morgan fingerprint density at radius 1 is 1.57 bits per heavy atom. The third-order valence-electron chi connectivity index (χ3n) is 4.44. The van der Waals surface area contributed by atoms with Crippen LogP contribution in [0.25, 0.3) is 0 Å². The van der Waals surface area contributed by atoms with Crippen LogP contribution in [0.1, 0.15) is 30.7 Å². The first-order valence-corrected chi connectivity index (χ1v) is 7.92. The van der Waals surface area contributed by atoms with Crippen molar-refractivity contribution in [3.63, 3.8) is 0 Å². The number of rotatable bonds is 5. The Labute approximate surface area is 135 Å². The minimum Gasteiger partial charge on any atom is -0.373 e. The highest BCUT2D eigenvalue weighted by Crippen LogP contribution is 2.36. The predicted molar refractivity (Wildman–Crippen MR) is 84.6 cm³/mol. The molecule has 0 aliphatic carbocycles. The van der Waals surface area contributed by atoms with Gasteiger partial charge < -0.3 is 14.6 Å². The van der Waals surface area contributed by atoms with Crippen molar-refractivity contribution in [3.8, 4) is 0 Å². The van der Waals surface area contributed by atoms with Crippen LogP contribution in [0.3, 0.4) is 0 Å². The van der Waals surface area contributed by atoms with Gasteiger partial charge in [0.2, 0.25) is 5.91 Å². The molecular formula is C16H23N5O2. The van der Waals surface area contributed by atoms with Crippen molar-refractivity contribution < 1.29 is 9.53 Å². The highest BCUT2D eigenvalue weighted by Gasteiger charge is 2.37. The molecule has 1 fully saturated rings. The molecule has 1 aliphatic heterocycles. The fraction of sp³-hybridized carbons (Fsp3) is 0.562. The summed E-state index contributed by atoms with van der Waals surface area (Å²) >= 11 is 0. The van der Waals surface area contributed by atoms with Gasteiger partial charge in [0.25, 0.3) is 0 Å². The van der Waals surface area contributed by atoms with Crippen molar-refractivity contribution in [1.82, 2.24) is 24.6 Å². The third kappa shape index (κ3) is 3.29. The quantitative estimate of drug-likeness (QED) is 0.899. The van der Waals surface area contributed by atoms with E-state index < -0.39 is 0 Å². The lowest BCUT2D eigenvalue weighted by Gasteiger charge is -2.21. The standard InChI is InChI=1S/C16H23N5O2/c1-11(9-21-6-5-17-10-21)19-16(22)13-4-7-23-15(13)14-8-18-20(3)12(14)2/h5-6,8,10-11,13,15H,4,7,9H2,1-3H3,(H,19,22)/t11-,13-,15-/m0/s1. The van der Waals surface area contributed by atoms with Crippen LogP contribution in [0.4, 0.5) is 0 Å². The van der Waals surface area contributed by atoms with E-state index in [4.69, 9.17) is 4.74 Å². The Morgan fingerprint density at radius 3 is 3.04 bits per heavy atom. The van der Waals surface area contributed by atoms with Crippen LogP contribution in [-0.4, -0.2) is 37.9 Å². The molecule has 0 aromatic carbocycles. The van der Waals surface area contributed by atoms with Crippen LogP contribution >= 0.6 is 0 Å². The van der Waals surface area contributed by atoms with Gasteiger partial charge >= 0.3 is 0 Å². The Balaban J connectivity index is 1.65. The number of amides is 1. The van der Waals surface area contributed by atoms with Crippen LogP contribution in [0, 0.1) is 12.8 Å². The molecule has 1 saturated heterocycles. The first-order chi connectivity index (χ1) is 11.1. The van der Waals surface area contributed by atoms with Gasteiger partial charge in [-0.3, -0.25) is 9.48 Å². The summed E-state index contributed by atoms with van der Waals surface area (Å²) < 4.78 is 9.60. The van der Waals surface area contributed by atoms with Gasteiger partial charge in [-0.2, -0.15) is 5.10 Å². The molecule has 124 valence electrons. The number of imidazole rings is 1. The minimum absolute atomic E-state index is 0.0351. The lowest BCUT2D eigenvalue weighted by atomic mass is 9.94. The van der Waals surface area contributed by atoms with E-state index in [0.29, 0.717) is 13.2 Å². The van der Waals surface area contributed by atoms with E-state index in [9.17, 15) is 4.79 Å². The number of carbonyl (C=O) groups excluding carboxylic acids is 1. The lowest BCUT2D eigenvalue weighted by Crippen LogP contribution is -2.40. The number of hydrogen-bond acceptors (Lipinski definition) is 4. The maximum absolute atomic E-state index is 12.6. The zero-order valence-electron chi connectivity index (χ0n) is 13.8. The molecule has 3 rings (SSSR count). The fourth-order valence-corrected chi connectivity index (χ4v) is 3.07. The van der Waals surface area contributed by atoms with Crippen molar-refractivity contribution in [2.45, 2.75) is 39.0 Å². The number of aryl methyl sites for hydroxylation is 1. The van der Waals surface area contributed by atoms with E-state index in [1.807, 2.05) is 36.3 Å². The SMILES string of the molecule is Cc1c([C@H]2OCC[C@@H]2C(=O)N[C@@H](C)Cn2ccnc2)cnn1C. The van der Waals surface area contributed by atoms with Gasteiger partial charge in [0, 0.05) is 49.9 Å². The Morgan fingerprint density at radius 2 is 2.39 bits per heavy atom. The molecule has 3 atom stereocenters. The molecule has 1 amide bonds. The lowest BCUT2D eigenvalue weighted by molar-refractivity contribution is -0.127. The first kappa shape index (κ1) is 15.7. The summed E-state index contributed by atoms with van der Waals surface area (Å²) in [5, 5.41) is 7.35. The Hall–Kier alpha value is -2.15. The second kappa shape index (κ2) is 6.54. The smallest absolute Gasteiger partial charge is 0.226 e. The molecule has 3 heterocycles. The number of nitrogens with zero attached hydrogens (tertiary/aromatic N) is 4. The molecule has 1 aliphatic rings. The van der Waals surface area contributed by atoms with Crippen molar-refractivity contribution >= 4 is 5.91 Å². The Kier molecular flexibility index (Phi) is 4.47. The number of ether oxygens (including phenoxy) is 1. The number of carbonyl (C=O) groups is 1. The van der Waals surface area contributed by atoms with Gasteiger partial charge in [-0.1, -0.05) is 0 Å². The fourth-order valence-electron chi connectivity index (χ4n) is 3.07. The van der Waals surface area contributed by atoms with Gasteiger partial charge in [0.05, 0.1) is 24.5 Å². The molecule has 0 unspecified atom stereocenters. The molecule has 7 heteroatoms. The highest BCUT2D eigenvalue weighted by atomic mass is 16.5. The van der Waals surface area contributed by atoms with Gasteiger partial charge in [-0.05, 0) is 20.3 Å². The number of nitrogens with one attached hydrogen (secondary N) is 1. The molecule has 1 N–H and O–H groups in total. The van der Waals surface area contributed by atoms with Gasteiger partial charge in [0.1, 0.15) is 0 Å². The van der Waals surface area contributed by atoms with E-state index in [1.54, 1.807) is 18.7 Å². The van der Waals surface area contributed by atoms with Crippen LogP contribution in [0.15, 0.2) is 24.9 Å². The second-order valence-electron chi connectivity index (χ2n) is 6.16. The number of aromatic nitrogens is 4. The molecule has 23 heavy (non-hydrogen) atoms. The summed E-state index contributed by atoms with van der Waals surface area (Å²) in [7, 11) is 1.90. The van der Waals surface area contributed by atoms with E-state index in [0.717, 1.165) is 17.7 Å². The van der Waals surface area contributed by atoms with Gasteiger partial charge in [0.15, 0.2) is 0 Å². The molecule has 0 radical (unpaired) electrons. The van der Waals surface area contributed by atoms with Crippen LogP contribution in [0.5, 0.6) is 0 Å². The second-order valence-corrected chi connectivity index (χ2v) is 6.16. The molecule has 0 bridgehead atoms. The molecule has 0 saturated carbocycles. The minimum atomic E-state index is -0.204. The predicted octanol–water partition coefficient (Wildman–Crippen LogP) is 1.21. The molecule has 2 aromatic rings. The Bertz CT molecular complexity index is 664. The van der Waals surface area contributed by atoms with E-state index in [2.05, 4.69) is 15.4 Å². The summed E-state index contributed by atoms with van der Waals surface area (Å²) in [5.41, 5.74) is 2.05. The summed E-state index contributed by atoms with van der Waals surface area (Å²) in [6, 6.07) is 0.0351. The van der Waals surface area contributed by atoms with Crippen LogP contribution in [-0.2, 0) is 23.1 Å².